The molecule has 2 heterocycles. The maximum absolute atomic E-state index is 6.55. The predicted molar refractivity (Wildman–Crippen MR) is 211 cm³/mol. The zero-order valence-corrected chi connectivity index (χ0v) is 27.6. The highest BCUT2D eigenvalue weighted by atomic mass is 16.3. The fraction of sp³-hybridized carbons (Fsp3) is 0.0213. The van der Waals surface area contributed by atoms with Crippen LogP contribution >= 0.6 is 0 Å². The standard InChI is InChI=1S/C47H31N3O/c1-2-10-30(11-3-1)33-20-24-34(25-21-33)45-48-46(38-27-23-32-13-5-7-15-36(32)29-38)50-47(49-45)40-17-9-19-42-44(40)43-39(16-8-18-41(43)51-42)37-26-22-31-12-4-6-14-35(31)28-37/h1-29,46H,(H,48,49,50). The van der Waals surface area contributed by atoms with Crippen LogP contribution < -0.4 is 5.32 Å². The Morgan fingerprint density at radius 2 is 1.00 bits per heavy atom. The lowest BCUT2D eigenvalue weighted by Crippen LogP contribution is -2.33. The van der Waals surface area contributed by atoms with Crippen molar-refractivity contribution < 1.29 is 4.42 Å². The Morgan fingerprint density at radius 3 is 1.75 bits per heavy atom. The number of aliphatic imine (C=N–C) groups is 2. The van der Waals surface area contributed by atoms with Crippen molar-refractivity contribution in [1.82, 2.24) is 5.32 Å². The molecule has 51 heavy (non-hydrogen) atoms. The van der Waals surface area contributed by atoms with Crippen molar-refractivity contribution in [3.8, 4) is 22.3 Å². The van der Waals surface area contributed by atoms with Crippen molar-refractivity contribution in [2.24, 2.45) is 9.98 Å². The van der Waals surface area contributed by atoms with Gasteiger partial charge in [-0.1, -0.05) is 152 Å². The van der Waals surface area contributed by atoms with E-state index in [1.54, 1.807) is 0 Å². The minimum Gasteiger partial charge on any atom is -0.456 e. The lowest BCUT2D eigenvalue weighted by molar-refractivity contribution is 0.668. The molecule has 1 aromatic heterocycles. The van der Waals surface area contributed by atoms with E-state index in [-0.39, 0.29) is 6.17 Å². The van der Waals surface area contributed by atoms with Crippen LogP contribution in [0.15, 0.2) is 190 Å². The van der Waals surface area contributed by atoms with Crippen molar-refractivity contribution in [2.45, 2.75) is 6.17 Å². The fourth-order valence-electron chi connectivity index (χ4n) is 7.37. The number of hydrogen-bond acceptors (Lipinski definition) is 4. The lowest BCUT2D eigenvalue weighted by Gasteiger charge is -2.24. The second-order valence-corrected chi connectivity index (χ2v) is 13.0. The molecular weight excluding hydrogens is 623 g/mol. The van der Waals surface area contributed by atoms with E-state index in [1.165, 1.54) is 27.1 Å². The van der Waals surface area contributed by atoms with Gasteiger partial charge in [-0.05, 0) is 73.6 Å². The molecule has 1 unspecified atom stereocenters. The highest BCUT2D eigenvalue weighted by molar-refractivity contribution is 6.24. The zero-order chi connectivity index (χ0) is 33.7. The predicted octanol–water partition coefficient (Wildman–Crippen LogP) is 11.7. The Kier molecular flexibility index (Phi) is 6.85. The molecule has 0 fully saturated rings. The van der Waals surface area contributed by atoms with Crippen LogP contribution in [0.2, 0.25) is 0 Å². The Balaban J connectivity index is 1.15. The molecule has 9 aromatic rings. The van der Waals surface area contributed by atoms with E-state index in [1.807, 2.05) is 18.2 Å². The molecule has 0 spiro atoms. The number of nitrogens with one attached hydrogen (secondary N) is 1. The summed E-state index contributed by atoms with van der Waals surface area (Å²) in [7, 11) is 0. The average Bonchev–Trinajstić information content (AvgIpc) is 3.60. The number of amidine groups is 2. The minimum atomic E-state index is -0.348. The van der Waals surface area contributed by atoms with E-state index in [0.717, 1.165) is 61.2 Å². The van der Waals surface area contributed by atoms with E-state index in [2.05, 4.69) is 163 Å². The normalized spacial score (nSPS) is 14.5. The Labute approximate surface area is 295 Å². The van der Waals surface area contributed by atoms with E-state index in [9.17, 15) is 0 Å². The monoisotopic (exact) mass is 653 g/mol. The molecule has 240 valence electrons. The SMILES string of the molecule is c1ccc(-c2ccc(C3=NC(c4ccc5ccccc5c4)NC(c4cccc5oc6cccc(-c7ccc8ccccc8c7)c6c45)=N3)cc2)cc1. The maximum atomic E-state index is 6.55. The highest BCUT2D eigenvalue weighted by Gasteiger charge is 2.25. The summed E-state index contributed by atoms with van der Waals surface area (Å²) in [6.45, 7) is 0. The van der Waals surface area contributed by atoms with E-state index >= 15 is 0 Å². The summed E-state index contributed by atoms with van der Waals surface area (Å²) in [6.07, 6.45) is -0.348. The molecule has 1 aliphatic rings. The summed E-state index contributed by atoms with van der Waals surface area (Å²) in [5.74, 6) is 1.44. The summed E-state index contributed by atoms with van der Waals surface area (Å²) in [6, 6.07) is 61.7. The molecular formula is C47H31N3O. The van der Waals surface area contributed by atoms with Crippen molar-refractivity contribution in [1.29, 1.82) is 0 Å². The molecule has 0 saturated heterocycles. The van der Waals surface area contributed by atoms with Gasteiger partial charge in [-0.3, -0.25) is 0 Å². The number of hydrogen-bond donors (Lipinski definition) is 1. The van der Waals surface area contributed by atoms with Crippen LogP contribution in [0.5, 0.6) is 0 Å². The number of rotatable bonds is 5. The van der Waals surface area contributed by atoms with Gasteiger partial charge in [0, 0.05) is 21.9 Å². The number of furan rings is 1. The summed E-state index contributed by atoms with van der Waals surface area (Å²) >= 11 is 0. The highest BCUT2D eigenvalue weighted by Crippen LogP contribution is 2.40. The smallest absolute Gasteiger partial charge is 0.159 e. The molecule has 8 aromatic carbocycles. The second kappa shape index (κ2) is 12.0. The van der Waals surface area contributed by atoms with Crippen LogP contribution in [0.25, 0.3) is 65.7 Å². The fourth-order valence-corrected chi connectivity index (χ4v) is 7.37. The van der Waals surface area contributed by atoms with Crippen LogP contribution in [-0.4, -0.2) is 11.7 Å². The summed E-state index contributed by atoms with van der Waals surface area (Å²) in [5, 5.41) is 10.6. The van der Waals surface area contributed by atoms with E-state index < -0.39 is 0 Å². The van der Waals surface area contributed by atoms with Gasteiger partial charge < -0.3 is 9.73 Å². The number of nitrogens with zero attached hydrogens (tertiary/aromatic N) is 2. The van der Waals surface area contributed by atoms with Crippen molar-refractivity contribution in [3.05, 3.63) is 193 Å². The molecule has 0 amide bonds. The first-order valence-corrected chi connectivity index (χ1v) is 17.3. The van der Waals surface area contributed by atoms with Crippen LogP contribution in [0.3, 0.4) is 0 Å². The van der Waals surface area contributed by atoms with Gasteiger partial charge in [-0.2, -0.15) is 0 Å². The molecule has 0 bridgehead atoms. The van der Waals surface area contributed by atoms with Crippen molar-refractivity contribution >= 4 is 55.2 Å². The molecule has 0 radical (unpaired) electrons. The third-order valence-corrected chi connectivity index (χ3v) is 9.92. The Morgan fingerprint density at radius 1 is 0.431 bits per heavy atom. The molecule has 0 saturated carbocycles. The molecule has 1 aliphatic heterocycles. The Hall–Kier alpha value is -6.78. The molecule has 0 aliphatic carbocycles. The van der Waals surface area contributed by atoms with Gasteiger partial charge in [0.25, 0.3) is 0 Å². The lowest BCUT2D eigenvalue weighted by atomic mass is 9.95. The quantitative estimate of drug-likeness (QED) is 0.201. The van der Waals surface area contributed by atoms with Gasteiger partial charge in [0.2, 0.25) is 0 Å². The van der Waals surface area contributed by atoms with Crippen molar-refractivity contribution in [2.75, 3.05) is 0 Å². The van der Waals surface area contributed by atoms with Gasteiger partial charge in [0.1, 0.15) is 23.2 Å². The molecule has 4 heteroatoms. The molecule has 4 nitrogen and oxygen atoms in total. The van der Waals surface area contributed by atoms with Gasteiger partial charge in [-0.15, -0.1) is 0 Å². The van der Waals surface area contributed by atoms with Gasteiger partial charge in [0.15, 0.2) is 5.84 Å². The van der Waals surface area contributed by atoms with Gasteiger partial charge in [-0.25, -0.2) is 9.98 Å². The van der Waals surface area contributed by atoms with Gasteiger partial charge >= 0.3 is 0 Å². The van der Waals surface area contributed by atoms with Gasteiger partial charge in [0.05, 0.1) is 0 Å². The Bertz CT molecular complexity index is 2830. The maximum Gasteiger partial charge on any atom is 0.159 e. The van der Waals surface area contributed by atoms with Crippen LogP contribution in [0.4, 0.5) is 0 Å². The van der Waals surface area contributed by atoms with Crippen LogP contribution in [-0.2, 0) is 0 Å². The number of benzene rings is 8. The third kappa shape index (κ3) is 5.17. The number of fused-ring (bicyclic) bond motifs is 5. The van der Waals surface area contributed by atoms with Crippen LogP contribution in [0.1, 0.15) is 22.9 Å². The van der Waals surface area contributed by atoms with E-state index in [0.29, 0.717) is 5.84 Å². The van der Waals surface area contributed by atoms with E-state index in [4.69, 9.17) is 14.4 Å². The largest absolute Gasteiger partial charge is 0.456 e. The first-order chi connectivity index (χ1) is 25.2. The average molecular weight is 654 g/mol. The van der Waals surface area contributed by atoms with Crippen molar-refractivity contribution in [3.63, 3.8) is 0 Å². The minimum absolute atomic E-state index is 0.348. The molecule has 1 atom stereocenters. The third-order valence-electron chi connectivity index (χ3n) is 9.92. The first kappa shape index (κ1) is 29.2. The van der Waals surface area contributed by atoms with Crippen LogP contribution in [0, 0.1) is 0 Å². The summed E-state index contributed by atoms with van der Waals surface area (Å²) < 4.78 is 6.55. The summed E-state index contributed by atoms with van der Waals surface area (Å²) in [5.41, 5.74) is 9.26. The molecule has 10 rings (SSSR count). The molecule has 1 N–H and O–H groups in total. The second-order valence-electron chi connectivity index (χ2n) is 13.0. The first-order valence-electron chi connectivity index (χ1n) is 17.3. The zero-order valence-electron chi connectivity index (χ0n) is 27.6. The summed E-state index contributed by atoms with van der Waals surface area (Å²) in [4.78, 5) is 10.5. The topological polar surface area (TPSA) is 49.9 Å².